The molecule has 2 amide bonds. The Morgan fingerprint density at radius 1 is 1.09 bits per heavy atom. The van der Waals surface area contributed by atoms with E-state index in [9.17, 15) is 9.59 Å². The van der Waals surface area contributed by atoms with Crippen LogP contribution in [0.5, 0.6) is 11.5 Å². The largest absolute Gasteiger partial charge is 0.497 e. The third-order valence-electron chi connectivity index (χ3n) is 5.47. The molecule has 0 spiro atoms. The maximum Gasteiger partial charge on any atom is 0.261 e. The molecule has 1 N–H and O–H groups in total. The van der Waals surface area contributed by atoms with Crippen molar-refractivity contribution in [3.8, 4) is 11.5 Å². The van der Waals surface area contributed by atoms with Crippen LogP contribution in [0.15, 0.2) is 36.4 Å². The van der Waals surface area contributed by atoms with Crippen molar-refractivity contribution >= 4 is 23.4 Å². The van der Waals surface area contributed by atoms with Crippen LogP contribution in [0.4, 0.5) is 0 Å². The topological polar surface area (TPSA) is 67.9 Å². The molecule has 33 heavy (non-hydrogen) atoms. The van der Waals surface area contributed by atoms with E-state index in [1.165, 1.54) is 0 Å². The number of benzene rings is 2. The van der Waals surface area contributed by atoms with Crippen molar-refractivity contribution in [2.24, 2.45) is 0 Å². The second-order valence-electron chi connectivity index (χ2n) is 8.10. The van der Waals surface area contributed by atoms with Crippen molar-refractivity contribution < 1.29 is 19.1 Å². The summed E-state index contributed by atoms with van der Waals surface area (Å²) in [5.74, 6) is 0.856. The maximum atomic E-state index is 13.3. The van der Waals surface area contributed by atoms with Gasteiger partial charge >= 0.3 is 0 Å². The van der Waals surface area contributed by atoms with Crippen molar-refractivity contribution in [2.45, 2.75) is 59.5 Å². The highest BCUT2D eigenvalue weighted by molar-refractivity contribution is 6.32. The molecule has 0 aliphatic carbocycles. The van der Waals surface area contributed by atoms with Crippen LogP contribution < -0.4 is 14.8 Å². The zero-order chi connectivity index (χ0) is 24.4. The summed E-state index contributed by atoms with van der Waals surface area (Å²) in [5, 5.41) is 3.64. The number of hydrogen-bond acceptors (Lipinski definition) is 4. The number of nitrogens with one attached hydrogen (secondary N) is 1. The van der Waals surface area contributed by atoms with Gasteiger partial charge in [-0.2, -0.15) is 0 Å². The van der Waals surface area contributed by atoms with E-state index in [1.807, 2.05) is 57.2 Å². The van der Waals surface area contributed by atoms with Crippen molar-refractivity contribution in [2.75, 3.05) is 20.3 Å². The van der Waals surface area contributed by atoms with Crippen LogP contribution in [0.3, 0.4) is 0 Å². The van der Waals surface area contributed by atoms with E-state index in [4.69, 9.17) is 21.1 Å². The summed E-state index contributed by atoms with van der Waals surface area (Å²) in [5.41, 5.74) is 2.64. The molecular weight excluding hydrogens is 440 g/mol. The number of nitrogens with zero attached hydrogens (tertiary/aromatic N) is 1. The smallest absolute Gasteiger partial charge is 0.261 e. The van der Waals surface area contributed by atoms with E-state index in [-0.39, 0.29) is 25.0 Å². The average molecular weight is 475 g/mol. The van der Waals surface area contributed by atoms with E-state index in [1.54, 1.807) is 12.0 Å². The van der Waals surface area contributed by atoms with Gasteiger partial charge in [0, 0.05) is 18.1 Å². The Morgan fingerprint density at radius 3 is 2.39 bits per heavy atom. The molecule has 1 atom stereocenters. The number of aryl methyl sites for hydroxylation is 2. The fraction of sp³-hybridized carbons (Fsp3) is 0.462. The molecule has 0 fully saturated rings. The molecule has 0 heterocycles. The minimum Gasteiger partial charge on any atom is -0.497 e. The SMILES string of the molecule is CCCCNC(=O)[C@@H](CC)N(Cc1cccc(OC)c1)C(=O)COc1cc(C)c(Cl)c(C)c1. The van der Waals surface area contributed by atoms with Gasteiger partial charge < -0.3 is 19.7 Å². The average Bonchev–Trinajstić information content (AvgIpc) is 2.81. The summed E-state index contributed by atoms with van der Waals surface area (Å²) in [4.78, 5) is 27.8. The first-order valence-corrected chi connectivity index (χ1v) is 11.8. The Hall–Kier alpha value is -2.73. The molecule has 0 aliphatic heterocycles. The Balaban J connectivity index is 2.23. The Morgan fingerprint density at radius 2 is 1.79 bits per heavy atom. The van der Waals surface area contributed by atoms with Gasteiger partial charge in [0.1, 0.15) is 17.5 Å². The first-order chi connectivity index (χ1) is 15.8. The third-order valence-corrected chi connectivity index (χ3v) is 6.07. The zero-order valence-electron chi connectivity index (χ0n) is 20.2. The van der Waals surface area contributed by atoms with E-state index in [2.05, 4.69) is 12.2 Å². The number of ether oxygens (including phenoxy) is 2. The summed E-state index contributed by atoms with van der Waals surface area (Å²) in [6, 6.07) is 10.5. The molecule has 7 heteroatoms. The summed E-state index contributed by atoms with van der Waals surface area (Å²) in [7, 11) is 1.60. The molecule has 0 unspecified atom stereocenters. The predicted octanol–water partition coefficient (Wildman–Crippen LogP) is 5.07. The van der Waals surface area contributed by atoms with Crippen LogP contribution in [-0.2, 0) is 16.1 Å². The minimum absolute atomic E-state index is 0.152. The van der Waals surface area contributed by atoms with Crippen molar-refractivity contribution in [1.29, 1.82) is 0 Å². The molecule has 0 aromatic heterocycles. The van der Waals surface area contributed by atoms with Crippen LogP contribution in [0.2, 0.25) is 5.02 Å². The second kappa shape index (κ2) is 13.1. The Labute approximate surface area is 202 Å². The first kappa shape index (κ1) is 26.5. The molecule has 0 bridgehead atoms. The highest BCUT2D eigenvalue weighted by Gasteiger charge is 2.29. The van der Waals surface area contributed by atoms with Crippen molar-refractivity contribution in [3.63, 3.8) is 0 Å². The van der Waals surface area contributed by atoms with Gasteiger partial charge in [-0.25, -0.2) is 0 Å². The second-order valence-corrected chi connectivity index (χ2v) is 8.48. The lowest BCUT2D eigenvalue weighted by Crippen LogP contribution is -2.50. The number of carbonyl (C=O) groups excluding carboxylic acids is 2. The van der Waals surface area contributed by atoms with Gasteiger partial charge in [0.25, 0.3) is 5.91 Å². The van der Waals surface area contributed by atoms with Gasteiger partial charge in [-0.15, -0.1) is 0 Å². The molecule has 0 radical (unpaired) electrons. The quantitative estimate of drug-likeness (QED) is 0.436. The van der Waals surface area contributed by atoms with E-state index < -0.39 is 6.04 Å². The lowest BCUT2D eigenvalue weighted by molar-refractivity contribution is -0.143. The lowest BCUT2D eigenvalue weighted by atomic mass is 10.1. The van der Waals surface area contributed by atoms with Crippen molar-refractivity contribution in [1.82, 2.24) is 10.2 Å². The number of rotatable bonds is 12. The molecule has 180 valence electrons. The van der Waals surface area contributed by atoms with E-state index in [0.29, 0.717) is 29.5 Å². The number of hydrogen-bond donors (Lipinski definition) is 1. The summed E-state index contributed by atoms with van der Waals surface area (Å²) in [6.07, 6.45) is 2.37. The lowest BCUT2D eigenvalue weighted by Gasteiger charge is -2.30. The fourth-order valence-corrected chi connectivity index (χ4v) is 3.72. The maximum absolute atomic E-state index is 13.3. The minimum atomic E-state index is -0.599. The van der Waals surface area contributed by atoms with Gasteiger partial charge in [0.05, 0.1) is 7.11 Å². The first-order valence-electron chi connectivity index (χ1n) is 11.4. The highest BCUT2D eigenvalue weighted by Crippen LogP contribution is 2.26. The van der Waals surface area contributed by atoms with Gasteiger partial charge in [-0.3, -0.25) is 9.59 Å². The van der Waals surface area contributed by atoms with Gasteiger partial charge in [0.15, 0.2) is 6.61 Å². The predicted molar refractivity (Wildman–Crippen MR) is 132 cm³/mol. The summed E-state index contributed by atoms with van der Waals surface area (Å²) >= 11 is 6.24. The number of unbranched alkanes of at least 4 members (excludes halogenated alkanes) is 1. The van der Waals surface area contributed by atoms with Crippen LogP contribution in [0.1, 0.15) is 49.8 Å². The Kier molecular flexibility index (Phi) is 10.5. The molecule has 2 rings (SSSR count). The monoisotopic (exact) mass is 474 g/mol. The fourth-order valence-electron chi connectivity index (χ4n) is 3.61. The van der Waals surface area contributed by atoms with Gasteiger partial charge in [-0.05, 0) is 67.6 Å². The summed E-state index contributed by atoms with van der Waals surface area (Å²) < 4.78 is 11.1. The normalized spacial score (nSPS) is 11.6. The molecule has 2 aromatic rings. The molecular formula is C26H35ClN2O4. The molecule has 0 aliphatic rings. The summed E-state index contributed by atoms with van der Waals surface area (Å²) in [6.45, 7) is 8.45. The van der Waals surface area contributed by atoms with E-state index >= 15 is 0 Å². The number of carbonyl (C=O) groups is 2. The van der Waals surface area contributed by atoms with Gasteiger partial charge in [-0.1, -0.05) is 44.0 Å². The van der Waals surface area contributed by atoms with Crippen LogP contribution in [0.25, 0.3) is 0 Å². The number of halogens is 1. The molecule has 6 nitrogen and oxygen atoms in total. The Bertz CT molecular complexity index is 925. The molecule has 2 aromatic carbocycles. The zero-order valence-corrected chi connectivity index (χ0v) is 21.0. The number of amides is 2. The molecule has 0 saturated carbocycles. The molecule has 0 saturated heterocycles. The van der Waals surface area contributed by atoms with E-state index in [0.717, 1.165) is 29.5 Å². The number of methoxy groups -OCH3 is 1. The highest BCUT2D eigenvalue weighted by atomic mass is 35.5. The van der Waals surface area contributed by atoms with Crippen molar-refractivity contribution in [3.05, 3.63) is 58.1 Å². The van der Waals surface area contributed by atoms with Crippen LogP contribution >= 0.6 is 11.6 Å². The standard InChI is InChI=1S/C26H35ClN2O4/c1-6-8-12-28-26(31)23(7-2)29(16-20-10-9-11-21(15-20)32-5)24(30)17-33-22-13-18(3)25(27)19(4)14-22/h9-11,13-15,23H,6-8,12,16-17H2,1-5H3,(H,28,31)/t23-/m1/s1. The van der Waals surface area contributed by atoms with Crippen LogP contribution in [0, 0.1) is 13.8 Å². The van der Waals surface area contributed by atoms with Gasteiger partial charge in [0.2, 0.25) is 5.91 Å². The third kappa shape index (κ3) is 7.67. The van der Waals surface area contributed by atoms with Crippen LogP contribution in [-0.4, -0.2) is 43.0 Å².